The lowest BCUT2D eigenvalue weighted by Gasteiger charge is -2.37. The van der Waals surface area contributed by atoms with E-state index >= 15 is 0 Å². The van der Waals surface area contributed by atoms with Gasteiger partial charge in [0.05, 0.1) is 21.8 Å². The van der Waals surface area contributed by atoms with Crippen molar-refractivity contribution >= 4 is 20.9 Å². The number of sulfonamides is 1. The van der Waals surface area contributed by atoms with Crippen LogP contribution in [0.5, 0.6) is 0 Å². The number of rotatable bonds is 4. The summed E-state index contributed by atoms with van der Waals surface area (Å²) in [7, 11) is -1.85. The first-order valence-corrected chi connectivity index (χ1v) is 11.5. The fourth-order valence-electron chi connectivity index (χ4n) is 3.98. The summed E-state index contributed by atoms with van der Waals surface area (Å²) >= 11 is 0. The summed E-state index contributed by atoms with van der Waals surface area (Å²) in [6.45, 7) is 3.83. The van der Waals surface area contributed by atoms with E-state index in [0.717, 1.165) is 0 Å². The summed E-state index contributed by atoms with van der Waals surface area (Å²) in [6.07, 6.45) is 5.35. The standard InChI is InChI=1S/C23H24N4O3S/c1-4-18-9-11-19(12-10-18)31(29,30)27-15-13-26(14-16-27)17(2)22-24-21-8-6-5-7-20(21)23(28)25(22)3/h1,5-12,17H,13-16H2,2-3H3. The quantitative estimate of drug-likeness (QED) is 0.585. The molecule has 0 amide bonds. The molecule has 4 rings (SSSR count). The number of para-hydroxylation sites is 1. The molecule has 3 aromatic rings. The molecular weight excluding hydrogens is 412 g/mol. The highest BCUT2D eigenvalue weighted by Gasteiger charge is 2.31. The number of fused-ring (bicyclic) bond motifs is 1. The van der Waals surface area contributed by atoms with Gasteiger partial charge in [0, 0.05) is 38.8 Å². The molecule has 0 aliphatic carbocycles. The zero-order valence-electron chi connectivity index (χ0n) is 17.5. The predicted molar refractivity (Wildman–Crippen MR) is 120 cm³/mol. The molecule has 8 heteroatoms. The van der Waals surface area contributed by atoms with Crippen LogP contribution in [0.15, 0.2) is 58.2 Å². The normalized spacial score (nSPS) is 16.8. The molecular formula is C23H24N4O3S. The van der Waals surface area contributed by atoms with E-state index < -0.39 is 10.0 Å². The molecule has 0 bridgehead atoms. The van der Waals surface area contributed by atoms with Gasteiger partial charge in [0.1, 0.15) is 5.82 Å². The van der Waals surface area contributed by atoms with Crippen molar-refractivity contribution in [2.45, 2.75) is 17.9 Å². The number of nitrogens with zero attached hydrogens (tertiary/aromatic N) is 4. The van der Waals surface area contributed by atoms with Gasteiger partial charge in [-0.1, -0.05) is 18.1 Å². The lowest BCUT2D eigenvalue weighted by atomic mass is 10.2. The van der Waals surface area contributed by atoms with Gasteiger partial charge in [-0.05, 0) is 43.3 Å². The van der Waals surface area contributed by atoms with Crippen LogP contribution in [0.1, 0.15) is 24.4 Å². The summed E-state index contributed by atoms with van der Waals surface area (Å²) in [5.41, 5.74) is 1.24. The molecule has 31 heavy (non-hydrogen) atoms. The van der Waals surface area contributed by atoms with E-state index in [9.17, 15) is 13.2 Å². The number of benzene rings is 2. The van der Waals surface area contributed by atoms with E-state index in [1.807, 2.05) is 25.1 Å². The molecule has 2 heterocycles. The maximum atomic E-state index is 13.0. The molecule has 1 fully saturated rings. The molecule has 7 nitrogen and oxygen atoms in total. The summed E-state index contributed by atoms with van der Waals surface area (Å²) in [5, 5.41) is 0.590. The Hall–Kier alpha value is -2.99. The Balaban J connectivity index is 1.52. The number of hydrogen-bond acceptors (Lipinski definition) is 5. The van der Waals surface area contributed by atoms with Crippen molar-refractivity contribution in [2.24, 2.45) is 7.05 Å². The monoisotopic (exact) mass is 436 g/mol. The average Bonchev–Trinajstić information content (AvgIpc) is 2.81. The molecule has 0 radical (unpaired) electrons. The first kappa shape index (κ1) is 21.2. The van der Waals surface area contributed by atoms with E-state index in [4.69, 9.17) is 11.4 Å². The Labute approximate surface area is 182 Å². The lowest BCUT2D eigenvalue weighted by Crippen LogP contribution is -2.49. The van der Waals surface area contributed by atoms with Crippen LogP contribution in [-0.4, -0.2) is 53.4 Å². The SMILES string of the molecule is C#Cc1ccc(S(=O)(=O)N2CCN(C(C)c3nc4ccccc4c(=O)n3C)CC2)cc1. The van der Waals surface area contributed by atoms with Gasteiger partial charge in [0.25, 0.3) is 5.56 Å². The molecule has 1 aromatic heterocycles. The van der Waals surface area contributed by atoms with E-state index in [-0.39, 0.29) is 16.5 Å². The summed E-state index contributed by atoms with van der Waals surface area (Å²) in [4.78, 5) is 19.8. The fourth-order valence-corrected chi connectivity index (χ4v) is 5.40. The van der Waals surface area contributed by atoms with Gasteiger partial charge in [-0.25, -0.2) is 13.4 Å². The number of piperazine rings is 1. The number of hydrogen-bond donors (Lipinski definition) is 0. The van der Waals surface area contributed by atoms with Crippen LogP contribution in [0.2, 0.25) is 0 Å². The maximum Gasteiger partial charge on any atom is 0.261 e. The van der Waals surface area contributed by atoms with Gasteiger partial charge in [0.15, 0.2) is 0 Å². The molecule has 1 unspecified atom stereocenters. The molecule has 1 aliphatic heterocycles. The smallest absolute Gasteiger partial charge is 0.261 e. The van der Waals surface area contributed by atoms with Crippen molar-refractivity contribution in [1.82, 2.24) is 18.8 Å². The third-order valence-corrected chi connectivity index (χ3v) is 7.78. The second kappa shape index (κ2) is 8.27. The summed E-state index contributed by atoms with van der Waals surface area (Å²) < 4.78 is 29.0. The van der Waals surface area contributed by atoms with Crippen molar-refractivity contribution < 1.29 is 8.42 Å². The third kappa shape index (κ3) is 3.88. The minimum absolute atomic E-state index is 0.0796. The van der Waals surface area contributed by atoms with Gasteiger partial charge < -0.3 is 0 Å². The maximum absolute atomic E-state index is 13.0. The van der Waals surface area contributed by atoms with Crippen LogP contribution in [-0.2, 0) is 17.1 Å². The molecule has 1 aliphatic rings. The highest BCUT2D eigenvalue weighted by atomic mass is 32.2. The van der Waals surface area contributed by atoms with Crippen LogP contribution < -0.4 is 5.56 Å². The molecule has 2 aromatic carbocycles. The van der Waals surface area contributed by atoms with Crippen LogP contribution in [0, 0.1) is 12.3 Å². The second-order valence-corrected chi connectivity index (χ2v) is 9.57. The summed E-state index contributed by atoms with van der Waals surface area (Å²) in [6, 6.07) is 13.6. The number of terminal acetylenes is 1. The second-order valence-electron chi connectivity index (χ2n) is 7.64. The largest absolute Gasteiger partial charge is 0.298 e. The molecule has 0 spiro atoms. The van der Waals surface area contributed by atoms with Gasteiger partial charge in [-0.3, -0.25) is 14.3 Å². The van der Waals surface area contributed by atoms with Crippen LogP contribution in [0.25, 0.3) is 10.9 Å². The zero-order chi connectivity index (χ0) is 22.2. The minimum Gasteiger partial charge on any atom is -0.298 e. The Morgan fingerprint density at radius 2 is 1.68 bits per heavy atom. The van der Waals surface area contributed by atoms with E-state index in [2.05, 4.69) is 10.8 Å². The van der Waals surface area contributed by atoms with Crippen molar-refractivity contribution in [2.75, 3.05) is 26.2 Å². The Kier molecular flexibility index (Phi) is 5.67. The van der Waals surface area contributed by atoms with Crippen LogP contribution in [0.3, 0.4) is 0 Å². The lowest BCUT2D eigenvalue weighted by molar-refractivity contribution is 0.139. The fraction of sp³-hybridized carbons (Fsp3) is 0.304. The van der Waals surface area contributed by atoms with Gasteiger partial charge in [-0.15, -0.1) is 6.42 Å². The van der Waals surface area contributed by atoms with Crippen molar-refractivity contribution in [1.29, 1.82) is 0 Å². The predicted octanol–water partition coefficient (Wildman–Crippen LogP) is 1.98. The first-order valence-electron chi connectivity index (χ1n) is 10.1. The third-order valence-electron chi connectivity index (χ3n) is 5.87. The van der Waals surface area contributed by atoms with Gasteiger partial charge in [0.2, 0.25) is 10.0 Å². The van der Waals surface area contributed by atoms with Gasteiger partial charge in [-0.2, -0.15) is 4.31 Å². The Morgan fingerprint density at radius 3 is 2.32 bits per heavy atom. The van der Waals surface area contributed by atoms with E-state index in [1.165, 1.54) is 4.31 Å². The first-order chi connectivity index (χ1) is 14.8. The topological polar surface area (TPSA) is 75.5 Å². The Bertz CT molecular complexity index is 1320. The molecule has 0 saturated carbocycles. The van der Waals surface area contributed by atoms with E-state index in [1.54, 1.807) is 41.9 Å². The highest BCUT2D eigenvalue weighted by molar-refractivity contribution is 7.89. The van der Waals surface area contributed by atoms with Gasteiger partial charge >= 0.3 is 0 Å². The minimum atomic E-state index is -3.58. The molecule has 1 saturated heterocycles. The summed E-state index contributed by atoms with van der Waals surface area (Å²) in [5.74, 6) is 3.16. The Morgan fingerprint density at radius 1 is 1.03 bits per heavy atom. The average molecular weight is 437 g/mol. The van der Waals surface area contributed by atoms with Crippen molar-refractivity contribution in [3.8, 4) is 12.3 Å². The van der Waals surface area contributed by atoms with Crippen molar-refractivity contribution in [3.63, 3.8) is 0 Å². The van der Waals surface area contributed by atoms with Crippen LogP contribution in [0.4, 0.5) is 0 Å². The van der Waals surface area contributed by atoms with E-state index in [0.29, 0.717) is 48.5 Å². The molecule has 160 valence electrons. The number of aromatic nitrogens is 2. The molecule has 0 N–H and O–H groups in total. The zero-order valence-corrected chi connectivity index (χ0v) is 18.3. The highest BCUT2D eigenvalue weighted by Crippen LogP contribution is 2.24. The van der Waals surface area contributed by atoms with Crippen LogP contribution >= 0.6 is 0 Å². The van der Waals surface area contributed by atoms with Crippen molar-refractivity contribution in [3.05, 3.63) is 70.3 Å². The molecule has 1 atom stereocenters.